The SMILES string of the molecule is C#CCNCC(=O)N(CCC)C(=O)N(CCC)C(=O)N(CCC)C(=O)N(CCC)C(=O)N(CCC)CC(=O)N(CC#C)CC(=O)NC. The molecule has 47 heavy (non-hydrogen) atoms. The van der Waals surface area contributed by atoms with Crippen LogP contribution in [-0.4, -0.2) is 144 Å². The van der Waals surface area contributed by atoms with Gasteiger partial charge in [0.05, 0.1) is 19.6 Å². The summed E-state index contributed by atoms with van der Waals surface area (Å²) in [6, 6.07) is -3.67. The number of amides is 11. The Bertz CT molecular complexity index is 1160. The zero-order valence-corrected chi connectivity index (χ0v) is 28.8. The highest BCUT2D eigenvalue weighted by Gasteiger charge is 2.38. The van der Waals surface area contributed by atoms with E-state index in [9.17, 15) is 33.6 Å². The van der Waals surface area contributed by atoms with Crippen LogP contribution < -0.4 is 10.6 Å². The van der Waals surface area contributed by atoms with Crippen LogP contribution >= 0.6 is 0 Å². The molecule has 0 aliphatic heterocycles. The molecule has 0 aromatic rings. The number of hydrogen-bond acceptors (Lipinski definition) is 8. The predicted molar refractivity (Wildman–Crippen MR) is 178 cm³/mol. The fourth-order valence-electron chi connectivity index (χ4n) is 4.36. The van der Waals surface area contributed by atoms with E-state index < -0.39 is 48.4 Å². The fraction of sp³-hybridized carbons (Fsp3) is 0.656. The molecule has 0 aliphatic carbocycles. The van der Waals surface area contributed by atoms with Crippen molar-refractivity contribution in [2.24, 2.45) is 0 Å². The third kappa shape index (κ3) is 13.7. The molecule has 0 rings (SSSR count). The second-order valence-corrected chi connectivity index (χ2v) is 10.5. The van der Waals surface area contributed by atoms with Crippen molar-refractivity contribution in [2.45, 2.75) is 66.7 Å². The Morgan fingerprint density at radius 3 is 1.43 bits per heavy atom. The molecular weight excluding hydrogens is 608 g/mol. The standard InChI is InChI=1S/C32H52N8O7/c1-9-16-34-23-27(42)37(19-12-4)30(45)39(21-14-6)32(47)40(22-15-7)31(46)38(20-13-5)29(44)36(18-11-3)25-28(43)35(17-10-2)24-26(41)33-8/h1-2,34H,11-25H2,3-8H3,(H,33,41). The first-order chi connectivity index (χ1) is 22.4. The van der Waals surface area contributed by atoms with Crippen LogP contribution in [0.5, 0.6) is 0 Å². The molecule has 0 heterocycles. The van der Waals surface area contributed by atoms with Crippen LogP contribution in [0.25, 0.3) is 0 Å². The van der Waals surface area contributed by atoms with E-state index in [0.717, 1.165) is 29.4 Å². The van der Waals surface area contributed by atoms with Gasteiger partial charge in [-0.2, -0.15) is 0 Å². The van der Waals surface area contributed by atoms with Crippen LogP contribution in [0, 0.1) is 24.7 Å². The Morgan fingerprint density at radius 1 is 0.553 bits per heavy atom. The predicted octanol–water partition coefficient (Wildman–Crippen LogP) is 1.98. The van der Waals surface area contributed by atoms with Crippen molar-refractivity contribution in [3.8, 4) is 24.7 Å². The van der Waals surface area contributed by atoms with E-state index in [1.165, 1.54) is 7.05 Å². The molecule has 0 aliphatic rings. The molecule has 0 aromatic heterocycles. The number of terminal acetylenes is 2. The summed E-state index contributed by atoms with van der Waals surface area (Å²) < 4.78 is 0. The lowest BCUT2D eigenvalue weighted by molar-refractivity contribution is -0.135. The van der Waals surface area contributed by atoms with Gasteiger partial charge in [0.2, 0.25) is 17.7 Å². The summed E-state index contributed by atoms with van der Waals surface area (Å²) in [4.78, 5) is 99.3. The van der Waals surface area contributed by atoms with Crippen LogP contribution in [0.1, 0.15) is 66.7 Å². The Balaban J connectivity index is 6.49. The van der Waals surface area contributed by atoms with Gasteiger partial charge in [0.15, 0.2) is 0 Å². The summed E-state index contributed by atoms with van der Waals surface area (Å²) in [6.45, 7) is 7.49. The molecule has 0 saturated heterocycles. The van der Waals surface area contributed by atoms with Gasteiger partial charge in [-0.05, 0) is 32.1 Å². The summed E-state index contributed by atoms with van der Waals surface area (Å²) in [7, 11) is 1.41. The Kier molecular flexibility index (Phi) is 21.3. The van der Waals surface area contributed by atoms with E-state index in [2.05, 4.69) is 22.5 Å². The van der Waals surface area contributed by atoms with Gasteiger partial charge in [0.1, 0.15) is 13.1 Å². The van der Waals surface area contributed by atoms with E-state index in [1.807, 2.05) is 0 Å². The van der Waals surface area contributed by atoms with Gasteiger partial charge in [0, 0.05) is 39.8 Å². The highest BCUT2D eigenvalue weighted by Crippen LogP contribution is 2.14. The maximum absolute atomic E-state index is 14.0. The number of nitrogens with one attached hydrogen (secondary N) is 2. The van der Waals surface area contributed by atoms with E-state index in [-0.39, 0.29) is 58.9 Å². The average molecular weight is 661 g/mol. The fourth-order valence-corrected chi connectivity index (χ4v) is 4.36. The van der Waals surface area contributed by atoms with E-state index in [1.54, 1.807) is 34.6 Å². The Hall–Kier alpha value is -4.63. The van der Waals surface area contributed by atoms with Gasteiger partial charge in [0.25, 0.3) is 0 Å². The molecule has 0 aromatic carbocycles. The molecule has 0 fully saturated rings. The van der Waals surface area contributed by atoms with Crippen molar-refractivity contribution in [3.05, 3.63) is 0 Å². The third-order valence-corrected chi connectivity index (χ3v) is 6.55. The molecule has 262 valence electrons. The lowest BCUT2D eigenvalue weighted by Gasteiger charge is -2.35. The van der Waals surface area contributed by atoms with E-state index in [4.69, 9.17) is 12.8 Å². The van der Waals surface area contributed by atoms with Gasteiger partial charge in [-0.15, -0.1) is 12.8 Å². The van der Waals surface area contributed by atoms with Gasteiger partial charge in [-0.1, -0.05) is 46.5 Å². The van der Waals surface area contributed by atoms with Crippen molar-refractivity contribution in [2.75, 3.05) is 72.5 Å². The number of hydrogen-bond donors (Lipinski definition) is 2. The molecule has 0 atom stereocenters. The monoisotopic (exact) mass is 660 g/mol. The normalized spacial score (nSPS) is 10.1. The van der Waals surface area contributed by atoms with Crippen molar-refractivity contribution in [1.29, 1.82) is 0 Å². The molecule has 0 spiro atoms. The molecule has 0 unspecified atom stereocenters. The van der Waals surface area contributed by atoms with Crippen molar-refractivity contribution < 1.29 is 33.6 Å². The molecule has 15 heteroatoms. The first kappa shape index (κ1) is 42.4. The third-order valence-electron chi connectivity index (χ3n) is 6.55. The molecule has 0 saturated carbocycles. The lowest BCUT2D eigenvalue weighted by atomic mass is 10.3. The molecule has 0 bridgehead atoms. The molecular formula is C32H52N8O7. The minimum absolute atomic E-state index is 0.0294. The van der Waals surface area contributed by atoms with Gasteiger partial charge in [-0.25, -0.2) is 33.9 Å². The summed E-state index contributed by atoms with van der Waals surface area (Å²) >= 11 is 0. The highest BCUT2D eigenvalue weighted by molar-refractivity contribution is 6.08. The van der Waals surface area contributed by atoms with Gasteiger partial charge >= 0.3 is 24.1 Å². The molecule has 11 amide bonds. The molecule has 0 radical (unpaired) electrons. The maximum Gasteiger partial charge on any atom is 0.336 e. The topological polar surface area (TPSA) is 163 Å². The van der Waals surface area contributed by atoms with E-state index >= 15 is 0 Å². The maximum atomic E-state index is 14.0. The number of nitrogens with zero attached hydrogens (tertiary/aromatic N) is 6. The number of carbonyl (C=O) groups excluding carboxylic acids is 7. The summed E-state index contributed by atoms with van der Waals surface area (Å²) in [6.07, 6.45) is 12.5. The number of likely N-dealkylation sites (N-methyl/N-ethyl adjacent to an activating group) is 1. The molecule has 15 nitrogen and oxygen atoms in total. The number of carbonyl (C=O) groups is 7. The summed E-state index contributed by atoms with van der Waals surface area (Å²) in [5.74, 6) is 3.03. The minimum atomic E-state index is -0.980. The second kappa shape index (κ2) is 23.7. The van der Waals surface area contributed by atoms with Crippen LogP contribution in [0.3, 0.4) is 0 Å². The summed E-state index contributed by atoms with van der Waals surface area (Å²) in [5.41, 5.74) is 0. The zero-order chi connectivity index (χ0) is 35.9. The van der Waals surface area contributed by atoms with Crippen molar-refractivity contribution in [3.63, 3.8) is 0 Å². The van der Waals surface area contributed by atoms with Crippen LogP contribution in [0.15, 0.2) is 0 Å². The highest BCUT2D eigenvalue weighted by atomic mass is 16.2. The Morgan fingerprint density at radius 2 is 1.00 bits per heavy atom. The zero-order valence-electron chi connectivity index (χ0n) is 28.8. The van der Waals surface area contributed by atoms with Crippen LogP contribution in [0.2, 0.25) is 0 Å². The lowest BCUT2D eigenvalue weighted by Crippen LogP contribution is -2.59. The number of urea groups is 4. The first-order valence-corrected chi connectivity index (χ1v) is 16.0. The number of rotatable bonds is 18. The average Bonchev–Trinajstić information content (AvgIpc) is 3.05. The van der Waals surface area contributed by atoms with Crippen molar-refractivity contribution >= 4 is 41.8 Å². The summed E-state index contributed by atoms with van der Waals surface area (Å²) in [5, 5.41) is 5.16. The van der Waals surface area contributed by atoms with Crippen molar-refractivity contribution in [1.82, 2.24) is 40.0 Å². The Labute approximate surface area is 279 Å². The van der Waals surface area contributed by atoms with Gasteiger partial charge in [-0.3, -0.25) is 24.6 Å². The first-order valence-electron chi connectivity index (χ1n) is 16.0. The number of imide groups is 4. The largest absolute Gasteiger partial charge is 0.358 e. The quantitative estimate of drug-likeness (QED) is 0.167. The van der Waals surface area contributed by atoms with Gasteiger partial charge < -0.3 is 15.1 Å². The van der Waals surface area contributed by atoms with Crippen LogP contribution in [-0.2, 0) is 14.4 Å². The smallest absolute Gasteiger partial charge is 0.336 e. The van der Waals surface area contributed by atoms with E-state index in [0.29, 0.717) is 32.1 Å². The van der Waals surface area contributed by atoms with Crippen LogP contribution in [0.4, 0.5) is 19.2 Å². The molecule has 2 N–H and O–H groups in total. The second-order valence-electron chi connectivity index (χ2n) is 10.5. The minimum Gasteiger partial charge on any atom is -0.358 e.